The molecular formula is C10H19N5O. The van der Waals surface area contributed by atoms with Crippen LogP contribution in [0.25, 0.3) is 0 Å². The van der Waals surface area contributed by atoms with E-state index in [4.69, 9.17) is 10.6 Å². The molecule has 0 radical (unpaired) electrons. The summed E-state index contributed by atoms with van der Waals surface area (Å²) in [5.41, 5.74) is 2.39. The molecule has 0 aromatic carbocycles. The molecule has 0 spiro atoms. The van der Waals surface area contributed by atoms with Gasteiger partial charge < -0.3 is 10.1 Å². The number of ether oxygens (including phenoxy) is 1. The Morgan fingerprint density at radius 2 is 2.31 bits per heavy atom. The summed E-state index contributed by atoms with van der Waals surface area (Å²) in [5, 5.41) is 3.12. The minimum absolute atomic E-state index is 0.396. The maximum atomic E-state index is 5.43. The van der Waals surface area contributed by atoms with Crippen LogP contribution < -0.4 is 16.6 Å². The highest BCUT2D eigenvalue weighted by molar-refractivity contribution is 5.38. The molecule has 0 unspecified atom stereocenters. The molecule has 0 amide bonds. The molecule has 0 saturated heterocycles. The molecule has 0 saturated carbocycles. The van der Waals surface area contributed by atoms with Crippen LogP contribution >= 0.6 is 0 Å². The number of rotatable bonds is 7. The predicted octanol–water partition coefficient (Wildman–Crippen LogP) is 0.847. The van der Waals surface area contributed by atoms with E-state index in [1.54, 1.807) is 12.3 Å². The van der Waals surface area contributed by atoms with Crippen LogP contribution in [0.2, 0.25) is 0 Å². The number of nitrogens with two attached hydrogens (primary N) is 1. The fourth-order valence-corrected chi connectivity index (χ4v) is 1.10. The van der Waals surface area contributed by atoms with Gasteiger partial charge in [0.15, 0.2) is 0 Å². The molecule has 6 heteroatoms. The van der Waals surface area contributed by atoms with Crippen molar-refractivity contribution in [3.05, 3.63) is 12.3 Å². The van der Waals surface area contributed by atoms with E-state index in [-0.39, 0.29) is 0 Å². The van der Waals surface area contributed by atoms with Crippen molar-refractivity contribution in [1.82, 2.24) is 9.97 Å². The first kappa shape index (κ1) is 12.7. The zero-order valence-electron chi connectivity index (χ0n) is 9.73. The van der Waals surface area contributed by atoms with E-state index < -0.39 is 0 Å². The highest BCUT2D eigenvalue weighted by atomic mass is 16.5. The van der Waals surface area contributed by atoms with E-state index in [2.05, 4.69) is 34.6 Å². The third-order valence-electron chi connectivity index (χ3n) is 1.79. The highest BCUT2D eigenvalue weighted by Gasteiger charge is 1.97. The van der Waals surface area contributed by atoms with Crippen LogP contribution in [0.1, 0.15) is 13.8 Å². The van der Waals surface area contributed by atoms with Gasteiger partial charge in [0, 0.05) is 19.3 Å². The van der Waals surface area contributed by atoms with Crippen molar-refractivity contribution < 1.29 is 4.74 Å². The molecule has 0 atom stereocenters. The van der Waals surface area contributed by atoms with Gasteiger partial charge in [-0.25, -0.2) is 10.8 Å². The van der Waals surface area contributed by atoms with Crippen LogP contribution in [0.15, 0.2) is 12.3 Å². The van der Waals surface area contributed by atoms with E-state index in [1.807, 2.05) is 0 Å². The number of hydrazine groups is 1. The lowest BCUT2D eigenvalue weighted by atomic mass is 10.2. The minimum atomic E-state index is 0.396. The maximum Gasteiger partial charge on any atom is 0.239 e. The van der Waals surface area contributed by atoms with E-state index >= 15 is 0 Å². The summed E-state index contributed by atoms with van der Waals surface area (Å²) in [6.45, 7) is 6.40. The summed E-state index contributed by atoms with van der Waals surface area (Å²) in [5.74, 6) is 6.89. The van der Waals surface area contributed by atoms with Gasteiger partial charge in [-0.1, -0.05) is 13.8 Å². The number of aromatic nitrogens is 2. The van der Waals surface area contributed by atoms with Crippen molar-refractivity contribution in [3.63, 3.8) is 0 Å². The molecule has 0 fully saturated rings. The van der Waals surface area contributed by atoms with Gasteiger partial charge in [0.05, 0.1) is 6.61 Å². The van der Waals surface area contributed by atoms with Crippen molar-refractivity contribution in [3.8, 4) is 0 Å². The van der Waals surface area contributed by atoms with Crippen LogP contribution in [0.5, 0.6) is 0 Å². The van der Waals surface area contributed by atoms with Gasteiger partial charge in [0.2, 0.25) is 5.95 Å². The van der Waals surface area contributed by atoms with Crippen molar-refractivity contribution in [2.45, 2.75) is 13.8 Å². The van der Waals surface area contributed by atoms with Gasteiger partial charge in [0.25, 0.3) is 0 Å². The largest absolute Gasteiger partial charge is 0.379 e. The Hall–Kier alpha value is -1.40. The monoisotopic (exact) mass is 225 g/mol. The Labute approximate surface area is 95.6 Å². The Balaban J connectivity index is 2.21. The van der Waals surface area contributed by atoms with Crippen molar-refractivity contribution in [1.29, 1.82) is 0 Å². The molecule has 0 aliphatic rings. The fourth-order valence-electron chi connectivity index (χ4n) is 1.10. The van der Waals surface area contributed by atoms with Crippen LogP contribution in [0.3, 0.4) is 0 Å². The summed E-state index contributed by atoms with van der Waals surface area (Å²) >= 11 is 0. The number of nitrogens with zero attached hydrogens (tertiary/aromatic N) is 2. The minimum Gasteiger partial charge on any atom is -0.379 e. The lowest BCUT2D eigenvalue weighted by molar-refractivity contribution is 0.118. The topological polar surface area (TPSA) is 85.1 Å². The second-order valence-electron chi connectivity index (χ2n) is 3.81. The lowest BCUT2D eigenvalue weighted by Gasteiger charge is -2.08. The number of nitrogen functional groups attached to an aromatic ring is 1. The van der Waals surface area contributed by atoms with E-state index in [9.17, 15) is 0 Å². The zero-order valence-corrected chi connectivity index (χ0v) is 9.73. The van der Waals surface area contributed by atoms with Crippen molar-refractivity contribution >= 4 is 11.8 Å². The molecule has 1 aromatic heterocycles. The third-order valence-corrected chi connectivity index (χ3v) is 1.79. The third kappa shape index (κ3) is 4.90. The molecule has 6 nitrogen and oxygen atoms in total. The highest BCUT2D eigenvalue weighted by Crippen LogP contribution is 2.03. The number of hydrogen-bond donors (Lipinski definition) is 3. The van der Waals surface area contributed by atoms with E-state index in [0.717, 1.165) is 12.4 Å². The van der Waals surface area contributed by atoms with Gasteiger partial charge >= 0.3 is 0 Å². The molecule has 16 heavy (non-hydrogen) atoms. The average Bonchev–Trinajstić information content (AvgIpc) is 2.28. The quantitative estimate of drug-likeness (QED) is 0.362. The molecule has 0 aliphatic heterocycles. The molecule has 1 aromatic rings. The average molecular weight is 225 g/mol. The summed E-state index contributed by atoms with van der Waals surface area (Å²) < 4.78 is 5.43. The molecule has 90 valence electrons. The Morgan fingerprint density at radius 1 is 1.50 bits per heavy atom. The Morgan fingerprint density at radius 3 is 3.00 bits per heavy atom. The van der Waals surface area contributed by atoms with Crippen LogP contribution in [-0.2, 0) is 4.74 Å². The molecule has 0 aliphatic carbocycles. The van der Waals surface area contributed by atoms with E-state index in [0.29, 0.717) is 25.0 Å². The van der Waals surface area contributed by atoms with Crippen LogP contribution in [0.4, 0.5) is 11.8 Å². The maximum absolute atomic E-state index is 5.43. The second-order valence-corrected chi connectivity index (χ2v) is 3.81. The first-order valence-electron chi connectivity index (χ1n) is 5.33. The number of anilines is 2. The molecule has 0 bridgehead atoms. The Bertz CT molecular complexity index is 305. The van der Waals surface area contributed by atoms with Crippen LogP contribution in [-0.4, -0.2) is 29.7 Å². The standard InChI is InChI=1S/C10H19N5O/c1-8(2)7-16-6-5-12-9-3-4-13-10(14-9)15-11/h3-4,8H,5-7,11H2,1-2H3,(H2,12,13,14,15). The summed E-state index contributed by atoms with van der Waals surface area (Å²) in [7, 11) is 0. The first-order valence-corrected chi connectivity index (χ1v) is 5.33. The van der Waals surface area contributed by atoms with Gasteiger partial charge in [-0.3, -0.25) is 5.43 Å². The summed E-state index contributed by atoms with van der Waals surface area (Å²) in [4.78, 5) is 8.02. The fraction of sp³-hybridized carbons (Fsp3) is 0.600. The molecule has 4 N–H and O–H groups in total. The Kier molecular flexibility index (Phi) is 5.52. The number of nitrogens with one attached hydrogen (secondary N) is 2. The zero-order chi connectivity index (χ0) is 11.8. The van der Waals surface area contributed by atoms with Gasteiger partial charge in [0.1, 0.15) is 5.82 Å². The summed E-state index contributed by atoms with van der Waals surface area (Å²) in [6.07, 6.45) is 1.64. The van der Waals surface area contributed by atoms with E-state index in [1.165, 1.54) is 0 Å². The lowest BCUT2D eigenvalue weighted by Crippen LogP contribution is -2.15. The molecule has 1 heterocycles. The van der Waals surface area contributed by atoms with Gasteiger partial charge in [-0.2, -0.15) is 4.98 Å². The smallest absolute Gasteiger partial charge is 0.239 e. The molecule has 1 rings (SSSR count). The van der Waals surface area contributed by atoms with Crippen LogP contribution in [0, 0.1) is 5.92 Å². The van der Waals surface area contributed by atoms with Gasteiger partial charge in [-0.15, -0.1) is 0 Å². The normalized spacial score (nSPS) is 10.5. The predicted molar refractivity (Wildman–Crippen MR) is 64.0 cm³/mol. The number of hydrogen-bond acceptors (Lipinski definition) is 6. The summed E-state index contributed by atoms with van der Waals surface area (Å²) in [6, 6.07) is 1.78. The SMILES string of the molecule is CC(C)COCCNc1ccnc(NN)n1. The first-order chi connectivity index (χ1) is 7.72. The van der Waals surface area contributed by atoms with Crippen molar-refractivity contribution in [2.75, 3.05) is 30.5 Å². The molecular weight excluding hydrogens is 206 g/mol. The van der Waals surface area contributed by atoms with Crippen molar-refractivity contribution in [2.24, 2.45) is 11.8 Å². The van der Waals surface area contributed by atoms with Gasteiger partial charge in [-0.05, 0) is 12.0 Å². The second kappa shape index (κ2) is 6.97.